The Labute approximate surface area is 179 Å². The molecule has 0 heterocycles. The summed E-state index contributed by atoms with van der Waals surface area (Å²) in [5.41, 5.74) is 1.64. The molecule has 0 radical (unpaired) electrons. The average Bonchev–Trinajstić information content (AvgIpc) is 2.78. The maximum atomic E-state index is 13.2. The van der Waals surface area contributed by atoms with Crippen LogP contribution in [-0.2, 0) is 4.79 Å². The Morgan fingerprint density at radius 1 is 0.968 bits per heavy atom. The molecule has 31 heavy (non-hydrogen) atoms. The third-order valence-electron chi connectivity index (χ3n) is 4.56. The van der Waals surface area contributed by atoms with Gasteiger partial charge in [-0.1, -0.05) is 36.4 Å². The van der Waals surface area contributed by atoms with Crippen molar-refractivity contribution in [3.05, 3.63) is 88.0 Å². The van der Waals surface area contributed by atoms with Gasteiger partial charge in [0, 0.05) is 5.56 Å². The quantitative estimate of drug-likeness (QED) is 0.418. The maximum absolute atomic E-state index is 13.2. The first kappa shape index (κ1) is 21.6. The second-order valence-corrected chi connectivity index (χ2v) is 6.69. The van der Waals surface area contributed by atoms with Gasteiger partial charge in [0.1, 0.15) is 11.5 Å². The molecule has 1 N–H and O–H groups in total. The first-order valence-electron chi connectivity index (χ1n) is 9.42. The fraction of sp³-hybridized carbons (Fsp3) is 0.174. The summed E-state index contributed by atoms with van der Waals surface area (Å²) < 4.78 is 16.3. The molecular weight excluding hydrogens is 400 g/mol. The van der Waals surface area contributed by atoms with Gasteiger partial charge in [0.25, 0.3) is 5.91 Å². The highest BCUT2D eigenvalue weighted by Gasteiger charge is 2.27. The number of methoxy groups -OCH3 is 2. The van der Waals surface area contributed by atoms with Crippen molar-refractivity contribution in [3.8, 4) is 17.2 Å². The second-order valence-electron chi connectivity index (χ2n) is 6.69. The van der Waals surface area contributed by atoms with Gasteiger partial charge >= 0.3 is 5.69 Å². The topological polar surface area (TPSA) is 99.9 Å². The van der Waals surface area contributed by atoms with Crippen LogP contribution in [0.3, 0.4) is 0 Å². The zero-order valence-corrected chi connectivity index (χ0v) is 17.3. The lowest BCUT2D eigenvalue weighted by Crippen LogP contribution is -2.26. The smallest absolute Gasteiger partial charge is 0.314 e. The fourth-order valence-electron chi connectivity index (χ4n) is 3.01. The first-order chi connectivity index (χ1) is 14.9. The van der Waals surface area contributed by atoms with E-state index in [1.165, 1.54) is 32.4 Å². The van der Waals surface area contributed by atoms with Crippen LogP contribution in [-0.4, -0.2) is 25.1 Å². The molecule has 0 saturated heterocycles. The normalized spacial score (nSPS) is 11.3. The van der Waals surface area contributed by atoms with Gasteiger partial charge in [0.05, 0.1) is 30.9 Å². The summed E-state index contributed by atoms with van der Waals surface area (Å²) in [6.45, 7) is 1.89. The molecule has 3 aromatic carbocycles. The van der Waals surface area contributed by atoms with Gasteiger partial charge in [-0.25, -0.2) is 0 Å². The standard InChI is InChI=1S/C23H22N2O6/c1-15-9-11-20(30-3)18(13-15)24-23(26)22(16-7-5-4-6-8-16)31-21-12-10-17(29-2)14-19(21)25(27)28/h4-14,22H,1-3H3,(H,24,26). The monoisotopic (exact) mass is 422 g/mol. The fourth-order valence-corrected chi connectivity index (χ4v) is 3.01. The highest BCUT2D eigenvalue weighted by molar-refractivity contribution is 5.96. The lowest BCUT2D eigenvalue weighted by Gasteiger charge is -2.20. The third-order valence-corrected chi connectivity index (χ3v) is 4.56. The van der Waals surface area contributed by atoms with Crippen molar-refractivity contribution in [2.45, 2.75) is 13.0 Å². The van der Waals surface area contributed by atoms with Crippen LogP contribution in [0.2, 0.25) is 0 Å². The van der Waals surface area contributed by atoms with Crippen LogP contribution in [0.15, 0.2) is 66.7 Å². The summed E-state index contributed by atoms with van der Waals surface area (Å²) in [5.74, 6) is 0.247. The molecule has 1 unspecified atom stereocenters. The van der Waals surface area contributed by atoms with E-state index in [4.69, 9.17) is 14.2 Å². The number of ether oxygens (including phenoxy) is 3. The number of nitrogens with one attached hydrogen (secondary N) is 1. The van der Waals surface area contributed by atoms with Crippen LogP contribution in [0, 0.1) is 17.0 Å². The lowest BCUT2D eigenvalue weighted by atomic mass is 10.1. The summed E-state index contributed by atoms with van der Waals surface area (Å²) in [6, 6.07) is 18.3. The van der Waals surface area contributed by atoms with E-state index in [9.17, 15) is 14.9 Å². The van der Waals surface area contributed by atoms with Crippen LogP contribution in [0.5, 0.6) is 17.2 Å². The number of aryl methyl sites for hydroxylation is 1. The minimum absolute atomic E-state index is 0.0500. The van der Waals surface area contributed by atoms with Crippen LogP contribution >= 0.6 is 0 Å². The van der Waals surface area contributed by atoms with Crippen LogP contribution < -0.4 is 19.5 Å². The molecule has 1 amide bonds. The zero-order valence-electron chi connectivity index (χ0n) is 17.3. The summed E-state index contributed by atoms with van der Waals surface area (Å²) in [6.07, 6.45) is -1.14. The van der Waals surface area contributed by atoms with E-state index in [0.717, 1.165) is 5.56 Å². The Morgan fingerprint density at radius 2 is 1.68 bits per heavy atom. The predicted molar refractivity (Wildman–Crippen MR) is 116 cm³/mol. The number of carbonyl (C=O) groups excluding carboxylic acids is 1. The van der Waals surface area contributed by atoms with Crippen molar-refractivity contribution < 1.29 is 23.9 Å². The molecular formula is C23H22N2O6. The molecule has 0 bridgehead atoms. The predicted octanol–water partition coefficient (Wildman–Crippen LogP) is 4.68. The van der Waals surface area contributed by atoms with Crippen molar-refractivity contribution >= 4 is 17.3 Å². The van der Waals surface area contributed by atoms with Gasteiger partial charge in [-0.15, -0.1) is 0 Å². The summed E-state index contributed by atoms with van der Waals surface area (Å²) in [7, 11) is 2.92. The molecule has 0 aromatic heterocycles. The van der Waals surface area contributed by atoms with Gasteiger partial charge in [-0.05, 0) is 36.8 Å². The highest BCUT2D eigenvalue weighted by atomic mass is 16.6. The van der Waals surface area contributed by atoms with Gasteiger partial charge in [0.2, 0.25) is 6.10 Å². The number of anilines is 1. The molecule has 3 aromatic rings. The third kappa shape index (κ3) is 5.11. The number of amides is 1. The highest BCUT2D eigenvalue weighted by Crippen LogP contribution is 2.35. The summed E-state index contributed by atoms with van der Waals surface area (Å²) >= 11 is 0. The molecule has 0 aliphatic carbocycles. The van der Waals surface area contributed by atoms with Gasteiger partial charge in [0.15, 0.2) is 5.75 Å². The minimum Gasteiger partial charge on any atom is -0.496 e. The van der Waals surface area contributed by atoms with E-state index in [-0.39, 0.29) is 11.4 Å². The SMILES string of the molecule is COc1ccc(OC(C(=O)Nc2cc(C)ccc2OC)c2ccccc2)c([N+](=O)[O-])c1. The summed E-state index contributed by atoms with van der Waals surface area (Å²) in [5, 5.41) is 14.4. The number of nitro groups is 1. The minimum atomic E-state index is -1.14. The Balaban J connectivity index is 1.98. The lowest BCUT2D eigenvalue weighted by molar-refractivity contribution is -0.386. The number of nitrogens with zero attached hydrogens (tertiary/aromatic N) is 1. The van der Waals surface area contributed by atoms with Gasteiger partial charge in [-0.3, -0.25) is 14.9 Å². The van der Waals surface area contributed by atoms with Crippen molar-refractivity contribution in [1.29, 1.82) is 0 Å². The molecule has 0 fully saturated rings. The van der Waals surface area contributed by atoms with Crippen LogP contribution in [0.4, 0.5) is 11.4 Å². The Kier molecular flexibility index (Phi) is 6.71. The second kappa shape index (κ2) is 9.62. The van der Waals surface area contributed by atoms with Crippen LogP contribution in [0.1, 0.15) is 17.2 Å². The molecule has 0 aliphatic rings. The zero-order chi connectivity index (χ0) is 22.4. The van der Waals surface area contributed by atoms with Crippen LogP contribution in [0.25, 0.3) is 0 Å². The molecule has 3 rings (SSSR count). The molecule has 160 valence electrons. The summed E-state index contributed by atoms with van der Waals surface area (Å²) in [4.78, 5) is 24.2. The van der Waals surface area contributed by atoms with E-state index in [0.29, 0.717) is 22.7 Å². The van der Waals surface area contributed by atoms with Crippen molar-refractivity contribution in [1.82, 2.24) is 0 Å². The Morgan fingerprint density at radius 3 is 2.32 bits per heavy atom. The van der Waals surface area contributed by atoms with Gasteiger partial charge < -0.3 is 19.5 Å². The van der Waals surface area contributed by atoms with E-state index >= 15 is 0 Å². The van der Waals surface area contributed by atoms with E-state index in [1.54, 1.807) is 42.5 Å². The first-order valence-corrected chi connectivity index (χ1v) is 9.42. The molecule has 0 aliphatic heterocycles. The number of hydrogen-bond donors (Lipinski definition) is 1. The Bertz CT molecular complexity index is 1080. The molecule has 0 spiro atoms. The number of hydrogen-bond acceptors (Lipinski definition) is 6. The average molecular weight is 422 g/mol. The number of carbonyl (C=O) groups is 1. The van der Waals surface area contributed by atoms with E-state index in [1.807, 2.05) is 13.0 Å². The molecule has 0 saturated carbocycles. The number of rotatable bonds is 8. The van der Waals surface area contributed by atoms with Crippen molar-refractivity contribution in [2.24, 2.45) is 0 Å². The molecule has 1 atom stereocenters. The van der Waals surface area contributed by atoms with E-state index in [2.05, 4.69) is 5.32 Å². The largest absolute Gasteiger partial charge is 0.496 e. The van der Waals surface area contributed by atoms with Crippen molar-refractivity contribution in [3.63, 3.8) is 0 Å². The molecule has 8 heteroatoms. The Hall–Kier alpha value is -4.07. The van der Waals surface area contributed by atoms with Crippen molar-refractivity contribution in [2.75, 3.05) is 19.5 Å². The maximum Gasteiger partial charge on any atom is 0.314 e. The van der Waals surface area contributed by atoms with E-state index < -0.39 is 16.9 Å². The number of benzene rings is 3. The van der Waals surface area contributed by atoms with Gasteiger partial charge in [-0.2, -0.15) is 0 Å². The molecule has 8 nitrogen and oxygen atoms in total. The number of nitro benzene ring substituents is 1.